The Kier molecular flexibility index (Phi) is 5.41. The van der Waals surface area contributed by atoms with Gasteiger partial charge in [-0.15, -0.1) is 0 Å². The number of alkyl halides is 2. The van der Waals surface area contributed by atoms with E-state index in [1.165, 1.54) is 13.2 Å². The van der Waals surface area contributed by atoms with Gasteiger partial charge in [-0.3, -0.25) is 4.79 Å². The van der Waals surface area contributed by atoms with Crippen molar-refractivity contribution in [2.45, 2.75) is 38.3 Å². The predicted octanol–water partition coefficient (Wildman–Crippen LogP) is 3.35. The standard InChI is InChI=1S/C15H19F2NO4/c1-21-11-6-7-13(22-15(16)17)12(8-11)18-10-4-2-9(3-5-10)14(19)20/h6-10,15,18H,2-5H2,1H3,(H,19,20). The highest BCUT2D eigenvalue weighted by molar-refractivity contribution is 5.70. The maximum Gasteiger partial charge on any atom is 0.387 e. The zero-order valence-electron chi connectivity index (χ0n) is 12.2. The molecule has 0 spiro atoms. The summed E-state index contributed by atoms with van der Waals surface area (Å²) in [7, 11) is 1.49. The number of benzene rings is 1. The molecule has 2 N–H and O–H groups in total. The number of methoxy groups -OCH3 is 1. The Morgan fingerprint density at radius 1 is 1.32 bits per heavy atom. The molecule has 0 atom stereocenters. The number of carbonyl (C=O) groups is 1. The van der Waals surface area contributed by atoms with Crippen LogP contribution in [0.3, 0.4) is 0 Å². The van der Waals surface area contributed by atoms with E-state index in [2.05, 4.69) is 10.1 Å². The maximum absolute atomic E-state index is 12.5. The van der Waals surface area contributed by atoms with Gasteiger partial charge in [0.25, 0.3) is 0 Å². The number of rotatable bonds is 6. The summed E-state index contributed by atoms with van der Waals surface area (Å²) in [6.07, 6.45) is 2.48. The van der Waals surface area contributed by atoms with E-state index in [0.717, 1.165) is 0 Å². The zero-order valence-corrected chi connectivity index (χ0v) is 12.2. The van der Waals surface area contributed by atoms with E-state index in [-0.39, 0.29) is 17.7 Å². The van der Waals surface area contributed by atoms with Gasteiger partial charge in [0.1, 0.15) is 11.5 Å². The third-order valence-corrected chi connectivity index (χ3v) is 3.84. The molecule has 0 aromatic heterocycles. The van der Waals surface area contributed by atoms with E-state index in [1.807, 2.05) is 0 Å². The molecule has 1 saturated carbocycles. The monoisotopic (exact) mass is 315 g/mol. The third kappa shape index (κ3) is 4.22. The van der Waals surface area contributed by atoms with Gasteiger partial charge in [-0.25, -0.2) is 0 Å². The SMILES string of the molecule is COc1ccc(OC(F)F)c(NC2CCC(C(=O)O)CC2)c1. The molecule has 1 aromatic rings. The van der Waals surface area contributed by atoms with Crippen LogP contribution in [0.4, 0.5) is 14.5 Å². The molecule has 1 fully saturated rings. The zero-order chi connectivity index (χ0) is 16.1. The smallest absolute Gasteiger partial charge is 0.387 e. The molecular formula is C15H19F2NO4. The minimum Gasteiger partial charge on any atom is -0.497 e. The van der Waals surface area contributed by atoms with Gasteiger partial charge in [-0.2, -0.15) is 8.78 Å². The molecule has 0 radical (unpaired) electrons. The van der Waals surface area contributed by atoms with E-state index in [9.17, 15) is 13.6 Å². The molecule has 2 rings (SSSR count). The average molecular weight is 315 g/mol. The van der Waals surface area contributed by atoms with Crippen LogP contribution in [-0.2, 0) is 4.79 Å². The van der Waals surface area contributed by atoms with Crippen LogP contribution in [0.5, 0.6) is 11.5 Å². The molecule has 0 aliphatic heterocycles. The van der Waals surface area contributed by atoms with Crippen LogP contribution in [0.25, 0.3) is 0 Å². The van der Waals surface area contributed by atoms with Gasteiger partial charge in [0.2, 0.25) is 0 Å². The minimum absolute atomic E-state index is 0.0303. The van der Waals surface area contributed by atoms with Crippen LogP contribution in [0, 0.1) is 5.92 Å². The lowest BCUT2D eigenvalue weighted by Crippen LogP contribution is -2.29. The van der Waals surface area contributed by atoms with Crippen LogP contribution in [0.2, 0.25) is 0 Å². The molecule has 0 unspecified atom stereocenters. The normalized spacial score (nSPS) is 21.5. The fourth-order valence-corrected chi connectivity index (χ4v) is 2.65. The molecule has 0 amide bonds. The van der Waals surface area contributed by atoms with E-state index in [1.54, 1.807) is 12.1 Å². The van der Waals surface area contributed by atoms with Crippen LogP contribution in [0.1, 0.15) is 25.7 Å². The lowest BCUT2D eigenvalue weighted by Gasteiger charge is -2.28. The number of halogens is 2. The molecule has 0 bridgehead atoms. The second-order valence-electron chi connectivity index (χ2n) is 5.27. The van der Waals surface area contributed by atoms with E-state index < -0.39 is 12.6 Å². The molecule has 22 heavy (non-hydrogen) atoms. The number of carboxylic acid groups (broad SMARTS) is 1. The van der Waals surface area contributed by atoms with Crippen molar-refractivity contribution >= 4 is 11.7 Å². The summed E-state index contributed by atoms with van der Waals surface area (Å²) < 4.78 is 34.5. The molecule has 0 heterocycles. The quantitative estimate of drug-likeness (QED) is 0.842. The first kappa shape index (κ1) is 16.3. The summed E-state index contributed by atoms with van der Waals surface area (Å²) >= 11 is 0. The van der Waals surface area contributed by atoms with Crippen molar-refractivity contribution in [3.63, 3.8) is 0 Å². The summed E-state index contributed by atoms with van der Waals surface area (Å²) in [6, 6.07) is 4.60. The second kappa shape index (κ2) is 7.29. The van der Waals surface area contributed by atoms with E-state index in [4.69, 9.17) is 9.84 Å². The summed E-state index contributed by atoms with van der Waals surface area (Å²) in [5, 5.41) is 12.1. The number of anilines is 1. The van der Waals surface area contributed by atoms with Gasteiger partial charge >= 0.3 is 12.6 Å². The highest BCUT2D eigenvalue weighted by Crippen LogP contribution is 2.34. The first-order valence-corrected chi connectivity index (χ1v) is 7.11. The number of hydrogen-bond acceptors (Lipinski definition) is 4. The van der Waals surface area contributed by atoms with Gasteiger partial charge in [-0.1, -0.05) is 0 Å². The van der Waals surface area contributed by atoms with Crippen molar-refractivity contribution in [3.8, 4) is 11.5 Å². The Labute approximate surface area is 127 Å². The number of ether oxygens (including phenoxy) is 2. The summed E-state index contributed by atoms with van der Waals surface area (Å²) in [4.78, 5) is 10.9. The lowest BCUT2D eigenvalue weighted by atomic mass is 9.86. The number of nitrogens with one attached hydrogen (secondary N) is 1. The Bertz CT molecular complexity index is 516. The molecule has 1 aliphatic carbocycles. The summed E-state index contributed by atoms with van der Waals surface area (Å²) in [5.41, 5.74) is 0.429. The number of aliphatic carboxylic acids is 1. The van der Waals surface area contributed by atoms with E-state index >= 15 is 0 Å². The largest absolute Gasteiger partial charge is 0.497 e. The Morgan fingerprint density at radius 3 is 2.55 bits per heavy atom. The van der Waals surface area contributed by atoms with Crippen molar-refractivity contribution < 1.29 is 28.2 Å². The minimum atomic E-state index is -2.91. The Hall–Kier alpha value is -2.05. The van der Waals surface area contributed by atoms with Crippen molar-refractivity contribution in [1.82, 2.24) is 0 Å². The molecule has 122 valence electrons. The van der Waals surface area contributed by atoms with Crippen molar-refractivity contribution in [2.75, 3.05) is 12.4 Å². The van der Waals surface area contributed by atoms with E-state index in [0.29, 0.717) is 37.1 Å². The first-order valence-electron chi connectivity index (χ1n) is 7.11. The van der Waals surface area contributed by atoms with Crippen molar-refractivity contribution in [3.05, 3.63) is 18.2 Å². The van der Waals surface area contributed by atoms with Gasteiger partial charge in [0, 0.05) is 12.1 Å². The van der Waals surface area contributed by atoms with Gasteiger partial charge in [-0.05, 0) is 37.8 Å². The fraction of sp³-hybridized carbons (Fsp3) is 0.533. The van der Waals surface area contributed by atoms with Crippen LogP contribution in [0.15, 0.2) is 18.2 Å². The second-order valence-corrected chi connectivity index (χ2v) is 5.27. The van der Waals surface area contributed by atoms with Crippen molar-refractivity contribution in [2.24, 2.45) is 5.92 Å². The molecule has 1 aromatic carbocycles. The van der Waals surface area contributed by atoms with Crippen LogP contribution < -0.4 is 14.8 Å². The first-order chi connectivity index (χ1) is 10.5. The third-order valence-electron chi connectivity index (χ3n) is 3.84. The van der Waals surface area contributed by atoms with Crippen LogP contribution in [-0.4, -0.2) is 30.8 Å². The molecule has 7 heteroatoms. The van der Waals surface area contributed by atoms with Gasteiger partial charge in [0.05, 0.1) is 18.7 Å². The average Bonchev–Trinajstić information content (AvgIpc) is 2.49. The summed E-state index contributed by atoms with van der Waals surface area (Å²) in [5.74, 6) is -0.513. The molecular weight excluding hydrogens is 296 g/mol. The lowest BCUT2D eigenvalue weighted by molar-refractivity contribution is -0.142. The maximum atomic E-state index is 12.5. The van der Waals surface area contributed by atoms with Crippen LogP contribution >= 0.6 is 0 Å². The fourth-order valence-electron chi connectivity index (χ4n) is 2.65. The molecule has 5 nitrogen and oxygen atoms in total. The molecule has 0 saturated heterocycles. The number of carboxylic acids is 1. The Balaban J connectivity index is 2.06. The highest BCUT2D eigenvalue weighted by atomic mass is 19.3. The highest BCUT2D eigenvalue weighted by Gasteiger charge is 2.26. The predicted molar refractivity (Wildman–Crippen MR) is 76.6 cm³/mol. The summed E-state index contributed by atoms with van der Waals surface area (Å²) in [6.45, 7) is -2.91. The van der Waals surface area contributed by atoms with Crippen molar-refractivity contribution in [1.29, 1.82) is 0 Å². The molecule has 1 aliphatic rings. The number of hydrogen-bond donors (Lipinski definition) is 2. The van der Waals surface area contributed by atoms with Gasteiger partial charge < -0.3 is 19.9 Å². The Morgan fingerprint density at radius 2 is 2.00 bits per heavy atom. The topological polar surface area (TPSA) is 67.8 Å². The van der Waals surface area contributed by atoms with Gasteiger partial charge in [0.15, 0.2) is 0 Å².